The van der Waals surface area contributed by atoms with Crippen LogP contribution in [0.3, 0.4) is 0 Å². The first-order chi connectivity index (χ1) is 14.4. The zero-order chi connectivity index (χ0) is 21.5. The molecule has 0 radical (unpaired) electrons. The van der Waals surface area contributed by atoms with Gasteiger partial charge in [0.05, 0.1) is 19.7 Å². The molecule has 0 saturated carbocycles. The molecule has 3 aromatic rings. The van der Waals surface area contributed by atoms with Crippen molar-refractivity contribution in [2.24, 2.45) is 0 Å². The van der Waals surface area contributed by atoms with Gasteiger partial charge in [-0.1, -0.05) is 17.3 Å². The molecular weight excluding hydrogens is 391 g/mol. The van der Waals surface area contributed by atoms with E-state index in [-0.39, 0.29) is 18.1 Å². The summed E-state index contributed by atoms with van der Waals surface area (Å²) in [6.07, 6.45) is 1.47. The third kappa shape index (κ3) is 5.78. The van der Waals surface area contributed by atoms with Gasteiger partial charge in [-0.15, -0.1) is 0 Å². The second-order valence-corrected chi connectivity index (χ2v) is 6.47. The maximum atomic E-state index is 11.3. The number of carboxylic acid groups (broad SMARTS) is 1. The highest BCUT2D eigenvalue weighted by atomic mass is 16.5. The molecule has 0 amide bonds. The van der Waals surface area contributed by atoms with Crippen LogP contribution in [0.4, 0.5) is 0 Å². The van der Waals surface area contributed by atoms with Gasteiger partial charge in [0.15, 0.2) is 0 Å². The van der Waals surface area contributed by atoms with E-state index in [9.17, 15) is 14.9 Å². The van der Waals surface area contributed by atoms with Crippen LogP contribution in [-0.2, 0) is 17.8 Å². The molecule has 3 rings (SSSR count). The van der Waals surface area contributed by atoms with Crippen LogP contribution in [0.1, 0.15) is 11.5 Å². The van der Waals surface area contributed by atoms with Gasteiger partial charge in [0, 0.05) is 0 Å². The van der Waals surface area contributed by atoms with Gasteiger partial charge in [-0.05, 0) is 36.7 Å². The number of aliphatic carboxylic acids is 1. The van der Waals surface area contributed by atoms with E-state index in [0.717, 1.165) is 11.3 Å². The summed E-state index contributed by atoms with van der Waals surface area (Å²) in [4.78, 5) is 19.7. The van der Waals surface area contributed by atoms with E-state index in [1.165, 1.54) is 6.82 Å². The minimum atomic E-state index is -1.13. The molecule has 0 fully saturated rings. The molecule has 0 aliphatic carbocycles. The number of methoxy groups -OCH3 is 1. The molecule has 2 aromatic heterocycles. The van der Waals surface area contributed by atoms with Crippen LogP contribution >= 0.6 is 0 Å². The van der Waals surface area contributed by atoms with Crippen molar-refractivity contribution in [3.63, 3.8) is 0 Å². The molecule has 0 spiro atoms. The first-order valence-corrected chi connectivity index (χ1v) is 9.16. The van der Waals surface area contributed by atoms with E-state index >= 15 is 0 Å². The summed E-state index contributed by atoms with van der Waals surface area (Å²) in [7, 11) is 0.628. The summed E-state index contributed by atoms with van der Waals surface area (Å²) in [5.41, 5.74) is 1.44. The predicted octanol–water partition coefficient (Wildman–Crippen LogP) is 1.41. The maximum Gasteiger partial charge on any atom is 0.374 e. The molecule has 11 heteroatoms. The van der Waals surface area contributed by atoms with Crippen molar-refractivity contribution in [1.29, 1.82) is 0 Å². The molecule has 0 aliphatic heterocycles. The summed E-state index contributed by atoms with van der Waals surface area (Å²) in [6, 6.07) is 9.91. The van der Waals surface area contributed by atoms with Crippen molar-refractivity contribution in [3.05, 3.63) is 54.0 Å². The Hall–Kier alpha value is -3.44. The van der Waals surface area contributed by atoms with Crippen molar-refractivity contribution in [1.82, 2.24) is 20.4 Å². The van der Waals surface area contributed by atoms with E-state index in [1.807, 2.05) is 24.3 Å². The number of hydrogen-bond acceptors (Lipinski definition) is 9. The van der Waals surface area contributed by atoms with Gasteiger partial charge in [-0.25, -0.2) is 4.98 Å². The molecule has 1 aromatic carbocycles. The minimum Gasteiger partial charge on any atom is -0.497 e. The molecule has 1 atom stereocenters. The quantitative estimate of drug-likeness (QED) is 0.419. The SMILES string of the molecule is COc1ccc(COc2ccc(-c3noc(CC(NB(C)O)C(=O)O)n3)nc2)cc1. The fourth-order valence-electron chi connectivity index (χ4n) is 2.61. The smallest absolute Gasteiger partial charge is 0.374 e. The summed E-state index contributed by atoms with van der Waals surface area (Å²) in [5.74, 6) is 0.568. The van der Waals surface area contributed by atoms with Gasteiger partial charge < -0.3 is 29.4 Å². The lowest BCUT2D eigenvalue weighted by molar-refractivity contribution is -0.139. The lowest BCUT2D eigenvalue weighted by atomic mass is 9.87. The standard InChI is InChI=1S/C19H21BN4O6/c1-20(27)23-16(19(25)26)9-17-22-18(24-30-17)15-8-7-14(10-21-15)29-11-12-3-5-13(28-2)6-4-12/h3-8,10,16,23,27H,9,11H2,1-2H3,(H,25,26). The Morgan fingerprint density at radius 2 is 1.97 bits per heavy atom. The summed E-state index contributed by atoms with van der Waals surface area (Å²) >= 11 is 0. The molecular formula is C19H21BN4O6. The number of pyridine rings is 1. The average Bonchev–Trinajstić information content (AvgIpc) is 3.20. The van der Waals surface area contributed by atoms with Gasteiger partial charge >= 0.3 is 13.0 Å². The number of carbonyl (C=O) groups is 1. The van der Waals surface area contributed by atoms with E-state index in [2.05, 4.69) is 20.4 Å². The number of rotatable bonds is 10. The molecule has 30 heavy (non-hydrogen) atoms. The van der Waals surface area contributed by atoms with Gasteiger partial charge in [0.1, 0.15) is 29.8 Å². The first-order valence-electron chi connectivity index (χ1n) is 9.16. The van der Waals surface area contributed by atoms with E-state index < -0.39 is 19.1 Å². The average molecular weight is 412 g/mol. The molecule has 0 bridgehead atoms. The summed E-state index contributed by atoms with van der Waals surface area (Å²) < 4.78 is 15.9. The summed E-state index contributed by atoms with van der Waals surface area (Å²) in [5, 5.41) is 24.9. The second kappa shape index (κ2) is 9.85. The molecule has 0 saturated heterocycles. The number of nitrogens with zero attached hydrogens (tertiary/aromatic N) is 3. The Labute approximate surface area is 173 Å². The zero-order valence-corrected chi connectivity index (χ0v) is 16.5. The number of carboxylic acids is 1. The van der Waals surface area contributed by atoms with Crippen LogP contribution in [0.2, 0.25) is 6.82 Å². The third-order valence-electron chi connectivity index (χ3n) is 4.12. The van der Waals surface area contributed by atoms with Gasteiger partial charge in [-0.2, -0.15) is 4.98 Å². The molecule has 3 N–H and O–H groups in total. The number of benzene rings is 1. The minimum absolute atomic E-state index is 0.0731. The van der Waals surface area contributed by atoms with Crippen LogP contribution in [-0.4, -0.2) is 51.4 Å². The third-order valence-corrected chi connectivity index (χ3v) is 4.12. The first kappa shape index (κ1) is 21.3. The molecule has 10 nitrogen and oxygen atoms in total. The molecule has 2 heterocycles. The van der Waals surface area contributed by atoms with Crippen LogP contribution < -0.4 is 14.7 Å². The van der Waals surface area contributed by atoms with Gasteiger partial charge in [0.2, 0.25) is 11.7 Å². The lowest BCUT2D eigenvalue weighted by Crippen LogP contribution is -2.46. The van der Waals surface area contributed by atoms with Crippen molar-refractivity contribution >= 4 is 13.0 Å². The van der Waals surface area contributed by atoms with E-state index in [0.29, 0.717) is 18.1 Å². The van der Waals surface area contributed by atoms with E-state index in [1.54, 1.807) is 25.4 Å². The van der Waals surface area contributed by atoms with Crippen LogP contribution in [0.25, 0.3) is 11.5 Å². The van der Waals surface area contributed by atoms with Crippen molar-refractivity contribution in [2.75, 3.05) is 7.11 Å². The fraction of sp³-hybridized carbons (Fsp3) is 0.263. The normalized spacial score (nSPS) is 11.7. The Kier molecular flexibility index (Phi) is 6.99. The number of aromatic nitrogens is 3. The van der Waals surface area contributed by atoms with Gasteiger partial charge in [-0.3, -0.25) is 4.79 Å². The lowest BCUT2D eigenvalue weighted by Gasteiger charge is -2.12. The van der Waals surface area contributed by atoms with Crippen molar-refractivity contribution in [3.8, 4) is 23.0 Å². The fourth-order valence-corrected chi connectivity index (χ4v) is 2.61. The van der Waals surface area contributed by atoms with Crippen LogP contribution in [0.5, 0.6) is 11.5 Å². The number of nitrogens with one attached hydrogen (secondary N) is 1. The molecule has 1 unspecified atom stereocenters. The highest BCUT2D eigenvalue weighted by Gasteiger charge is 2.24. The van der Waals surface area contributed by atoms with Crippen molar-refractivity contribution < 1.29 is 28.9 Å². The predicted molar refractivity (Wildman–Crippen MR) is 107 cm³/mol. The zero-order valence-electron chi connectivity index (χ0n) is 16.5. The summed E-state index contributed by atoms with van der Waals surface area (Å²) in [6.45, 7) is 1.81. The Morgan fingerprint density at radius 1 is 1.23 bits per heavy atom. The van der Waals surface area contributed by atoms with Crippen molar-refractivity contribution in [2.45, 2.75) is 25.9 Å². The largest absolute Gasteiger partial charge is 0.497 e. The van der Waals surface area contributed by atoms with Gasteiger partial charge in [0.25, 0.3) is 0 Å². The highest BCUT2D eigenvalue weighted by Crippen LogP contribution is 2.19. The number of hydrogen-bond donors (Lipinski definition) is 3. The second-order valence-electron chi connectivity index (χ2n) is 6.47. The Bertz CT molecular complexity index is 962. The Balaban J connectivity index is 1.60. The highest BCUT2D eigenvalue weighted by molar-refractivity contribution is 6.46. The van der Waals surface area contributed by atoms with Crippen LogP contribution in [0, 0.1) is 0 Å². The maximum absolute atomic E-state index is 11.3. The Morgan fingerprint density at radius 3 is 2.57 bits per heavy atom. The van der Waals surface area contributed by atoms with E-state index in [4.69, 9.17) is 14.0 Å². The topological polar surface area (TPSA) is 140 Å². The molecule has 156 valence electrons. The van der Waals surface area contributed by atoms with Crippen LogP contribution in [0.15, 0.2) is 47.1 Å². The molecule has 0 aliphatic rings. The monoisotopic (exact) mass is 412 g/mol. The number of ether oxygens (including phenoxy) is 2.